The number of ether oxygens (including phenoxy) is 1. The van der Waals surface area contributed by atoms with Crippen LogP contribution >= 0.6 is 0 Å². The number of benzene rings is 2. The second kappa shape index (κ2) is 8.43. The molecular formula is C25H19F2N5O2. The van der Waals surface area contributed by atoms with Gasteiger partial charge in [-0.15, -0.1) is 0 Å². The summed E-state index contributed by atoms with van der Waals surface area (Å²) in [6, 6.07) is 17.7. The summed E-state index contributed by atoms with van der Waals surface area (Å²) in [5.74, 6) is -1.48. The van der Waals surface area contributed by atoms with E-state index in [1.807, 2.05) is 37.3 Å². The Morgan fingerprint density at radius 1 is 0.882 bits per heavy atom. The number of para-hydroxylation sites is 1. The van der Waals surface area contributed by atoms with Crippen LogP contribution in [0.2, 0.25) is 0 Å². The molecule has 0 saturated carbocycles. The van der Waals surface area contributed by atoms with Crippen LogP contribution in [0.1, 0.15) is 5.69 Å². The van der Waals surface area contributed by atoms with E-state index in [9.17, 15) is 13.6 Å². The van der Waals surface area contributed by atoms with E-state index in [1.165, 1.54) is 28.6 Å². The fourth-order valence-electron chi connectivity index (χ4n) is 3.72. The maximum atomic E-state index is 13.5. The van der Waals surface area contributed by atoms with Gasteiger partial charge in [-0.25, -0.2) is 18.1 Å². The number of aromatic nitrogens is 5. The molecule has 9 heteroatoms. The maximum Gasteiger partial charge on any atom is 0.209 e. The highest BCUT2D eigenvalue weighted by Crippen LogP contribution is 2.27. The van der Waals surface area contributed by atoms with E-state index in [-0.39, 0.29) is 11.1 Å². The van der Waals surface area contributed by atoms with Gasteiger partial charge in [-0.1, -0.05) is 18.2 Å². The lowest BCUT2D eigenvalue weighted by atomic mass is 10.2. The van der Waals surface area contributed by atoms with Gasteiger partial charge in [0.1, 0.15) is 11.4 Å². The Kier molecular flexibility index (Phi) is 5.29. The average molecular weight is 459 g/mol. The Labute approximate surface area is 193 Å². The third-order valence-electron chi connectivity index (χ3n) is 5.32. The van der Waals surface area contributed by atoms with Gasteiger partial charge in [0.05, 0.1) is 24.2 Å². The van der Waals surface area contributed by atoms with E-state index in [0.717, 1.165) is 23.8 Å². The molecule has 3 aromatic heterocycles. The molecule has 0 saturated heterocycles. The predicted octanol–water partition coefficient (Wildman–Crippen LogP) is 4.47. The number of rotatable bonds is 5. The minimum Gasteiger partial charge on any atom is -0.494 e. The van der Waals surface area contributed by atoms with Crippen molar-refractivity contribution < 1.29 is 13.5 Å². The average Bonchev–Trinajstić information content (AvgIpc) is 3.41. The molecule has 2 aromatic carbocycles. The first-order chi connectivity index (χ1) is 16.4. The minimum absolute atomic E-state index is 0.215. The maximum absolute atomic E-state index is 13.5. The van der Waals surface area contributed by atoms with Crippen molar-refractivity contribution in [1.82, 2.24) is 24.1 Å². The number of halogens is 2. The third kappa shape index (κ3) is 3.77. The monoisotopic (exact) mass is 459 g/mol. The molecule has 0 fully saturated rings. The van der Waals surface area contributed by atoms with Crippen LogP contribution in [0.5, 0.6) is 5.75 Å². The molecule has 0 aliphatic rings. The van der Waals surface area contributed by atoms with E-state index < -0.39 is 11.6 Å². The molecule has 5 rings (SSSR count). The quantitative estimate of drug-likeness (QED) is 0.389. The van der Waals surface area contributed by atoms with Crippen LogP contribution in [0.15, 0.2) is 84.0 Å². The molecule has 3 heterocycles. The summed E-state index contributed by atoms with van der Waals surface area (Å²) in [6.45, 7) is 1.85. The largest absolute Gasteiger partial charge is 0.494 e. The number of methoxy groups -OCH3 is 1. The molecule has 34 heavy (non-hydrogen) atoms. The third-order valence-corrected chi connectivity index (χ3v) is 5.32. The highest BCUT2D eigenvalue weighted by Gasteiger charge is 2.17. The number of hydrogen-bond donors (Lipinski definition) is 0. The summed E-state index contributed by atoms with van der Waals surface area (Å²) >= 11 is 0. The summed E-state index contributed by atoms with van der Waals surface area (Å²) in [7, 11) is 1.48. The zero-order valence-electron chi connectivity index (χ0n) is 18.3. The van der Waals surface area contributed by atoms with E-state index >= 15 is 0 Å². The SMILES string of the molecule is COc1cc(-n2cc(F)c(F)c2)ccc1-n1ccc(=O)c(-c2cc(C)nn2-c2ccccc2)n1. The van der Waals surface area contributed by atoms with Crippen molar-refractivity contribution in [3.05, 3.63) is 107 Å². The normalized spacial score (nSPS) is 11.1. The molecule has 0 amide bonds. The fraction of sp³-hybridized carbons (Fsp3) is 0.0800. The van der Waals surface area contributed by atoms with Crippen molar-refractivity contribution in [1.29, 1.82) is 0 Å². The lowest BCUT2D eigenvalue weighted by Gasteiger charge is -2.14. The van der Waals surface area contributed by atoms with Gasteiger partial charge in [0.15, 0.2) is 17.3 Å². The lowest BCUT2D eigenvalue weighted by molar-refractivity contribution is 0.411. The van der Waals surface area contributed by atoms with Crippen molar-refractivity contribution in [2.45, 2.75) is 6.92 Å². The van der Waals surface area contributed by atoms with Gasteiger partial charge in [-0.3, -0.25) is 4.79 Å². The standard InChI is InChI=1S/C25H19F2N5O2/c1-16-12-22(32(28-16)17-6-4-3-5-7-17)25-23(33)10-11-31(29-25)21-9-8-18(13-24(21)34-2)30-14-19(26)20(27)15-30/h3-15H,1-2H3. The van der Waals surface area contributed by atoms with Crippen molar-refractivity contribution in [2.75, 3.05) is 7.11 Å². The van der Waals surface area contributed by atoms with Crippen LogP contribution in [-0.4, -0.2) is 31.2 Å². The second-order valence-corrected chi connectivity index (χ2v) is 7.61. The van der Waals surface area contributed by atoms with Gasteiger partial charge in [-0.2, -0.15) is 10.2 Å². The Bertz CT molecular complexity index is 1530. The summed E-state index contributed by atoms with van der Waals surface area (Å²) < 4.78 is 37.0. The van der Waals surface area contributed by atoms with Gasteiger partial charge in [0.25, 0.3) is 0 Å². The van der Waals surface area contributed by atoms with Crippen LogP contribution in [-0.2, 0) is 0 Å². The highest BCUT2D eigenvalue weighted by molar-refractivity contribution is 5.59. The number of hydrogen-bond acceptors (Lipinski definition) is 4. The van der Waals surface area contributed by atoms with E-state index in [1.54, 1.807) is 28.9 Å². The molecule has 0 N–H and O–H groups in total. The first kappa shape index (κ1) is 21.3. The summed E-state index contributed by atoms with van der Waals surface area (Å²) in [6.07, 6.45) is 3.63. The van der Waals surface area contributed by atoms with E-state index in [4.69, 9.17) is 4.74 Å². The van der Waals surface area contributed by atoms with Crippen LogP contribution in [0, 0.1) is 18.6 Å². The Hall–Kier alpha value is -4.53. The second-order valence-electron chi connectivity index (χ2n) is 7.61. The van der Waals surface area contributed by atoms with Gasteiger partial charge in [0.2, 0.25) is 5.43 Å². The van der Waals surface area contributed by atoms with Gasteiger partial charge in [0, 0.05) is 36.4 Å². The molecule has 5 aromatic rings. The molecule has 0 aliphatic heterocycles. The fourth-order valence-corrected chi connectivity index (χ4v) is 3.72. The van der Waals surface area contributed by atoms with Gasteiger partial charge < -0.3 is 9.30 Å². The molecule has 7 nitrogen and oxygen atoms in total. The van der Waals surface area contributed by atoms with Crippen molar-refractivity contribution in [2.24, 2.45) is 0 Å². The van der Waals surface area contributed by atoms with Crippen LogP contribution < -0.4 is 10.2 Å². The highest BCUT2D eigenvalue weighted by atomic mass is 19.2. The minimum atomic E-state index is -0.944. The van der Waals surface area contributed by atoms with Crippen LogP contribution in [0.25, 0.3) is 28.5 Å². The van der Waals surface area contributed by atoms with Crippen LogP contribution in [0.3, 0.4) is 0 Å². The van der Waals surface area contributed by atoms with Crippen molar-refractivity contribution >= 4 is 0 Å². The summed E-state index contributed by atoms with van der Waals surface area (Å²) in [5, 5.41) is 9.11. The van der Waals surface area contributed by atoms with Gasteiger partial charge in [-0.05, 0) is 37.3 Å². The number of nitrogens with zero attached hydrogens (tertiary/aromatic N) is 5. The zero-order chi connectivity index (χ0) is 23.8. The summed E-state index contributed by atoms with van der Waals surface area (Å²) in [5.41, 5.74) is 3.09. The van der Waals surface area contributed by atoms with E-state index in [0.29, 0.717) is 22.8 Å². The molecular weight excluding hydrogens is 440 g/mol. The van der Waals surface area contributed by atoms with Crippen molar-refractivity contribution in [3.8, 4) is 34.2 Å². The van der Waals surface area contributed by atoms with Crippen molar-refractivity contribution in [3.63, 3.8) is 0 Å². The summed E-state index contributed by atoms with van der Waals surface area (Å²) in [4.78, 5) is 12.8. The molecule has 0 bridgehead atoms. The lowest BCUT2D eigenvalue weighted by Crippen LogP contribution is -2.15. The smallest absolute Gasteiger partial charge is 0.209 e. The Morgan fingerprint density at radius 2 is 1.62 bits per heavy atom. The molecule has 0 atom stereocenters. The van der Waals surface area contributed by atoms with Crippen LogP contribution in [0.4, 0.5) is 8.78 Å². The Morgan fingerprint density at radius 3 is 2.32 bits per heavy atom. The number of aryl methyl sites for hydroxylation is 1. The predicted molar refractivity (Wildman–Crippen MR) is 123 cm³/mol. The van der Waals surface area contributed by atoms with Gasteiger partial charge >= 0.3 is 0 Å². The topological polar surface area (TPSA) is 66.9 Å². The molecule has 0 unspecified atom stereocenters. The van der Waals surface area contributed by atoms with E-state index in [2.05, 4.69) is 10.2 Å². The molecule has 0 spiro atoms. The molecule has 0 radical (unpaired) electrons. The zero-order valence-corrected chi connectivity index (χ0v) is 18.3. The molecule has 0 aliphatic carbocycles. The molecule has 170 valence electrons. The Balaban J connectivity index is 1.61. The first-order valence-corrected chi connectivity index (χ1v) is 10.4. The first-order valence-electron chi connectivity index (χ1n) is 10.4.